The summed E-state index contributed by atoms with van der Waals surface area (Å²) in [7, 11) is 0. The average Bonchev–Trinajstić information content (AvgIpc) is 2.66. The molecule has 1 aromatic carbocycles. The molecular formula is C15H19FN2O. The van der Waals surface area contributed by atoms with Crippen LogP contribution in [-0.4, -0.2) is 16.9 Å². The molecule has 2 aromatic rings. The van der Waals surface area contributed by atoms with Gasteiger partial charge >= 0.3 is 0 Å². The van der Waals surface area contributed by atoms with Gasteiger partial charge in [0.15, 0.2) is 0 Å². The second-order valence-electron chi connectivity index (χ2n) is 4.97. The van der Waals surface area contributed by atoms with E-state index in [1.54, 1.807) is 6.07 Å². The minimum Gasteiger partial charge on any atom is -0.358 e. The largest absolute Gasteiger partial charge is 0.358 e. The van der Waals surface area contributed by atoms with Crippen molar-refractivity contribution in [3.05, 3.63) is 35.3 Å². The van der Waals surface area contributed by atoms with Crippen LogP contribution in [0, 0.1) is 12.7 Å². The Hall–Kier alpha value is -1.84. The zero-order valence-electron chi connectivity index (χ0n) is 11.5. The highest BCUT2D eigenvalue weighted by Gasteiger charge is 2.14. The highest BCUT2D eigenvalue weighted by atomic mass is 19.1. The summed E-state index contributed by atoms with van der Waals surface area (Å²) in [6.45, 7) is 5.90. The summed E-state index contributed by atoms with van der Waals surface area (Å²) < 4.78 is 13.3. The van der Waals surface area contributed by atoms with Gasteiger partial charge in [-0.3, -0.25) is 4.79 Å². The van der Waals surface area contributed by atoms with Crippen LogP contribution < -0.4 is 5.32 Å². The molecule has 0 saturated carbocycles. The maximum Gasteiger partial charge on any atom is 0.224 e. The lowest BCUT2D eigenvalue weighted by molar-refractivity contribution is -0.121. The second-order valence-corrected chi connectivity index (χ2v) is 4.97. The van der Waals surface area contributed by atoms with Crippen molar-refractivity contribution < 1.29 is 9.18 Å². The topological polar surface area (TPSA) is 44.9 Å². The third kappa shape index (κ3) is 2.95. The number of nitrogens with one attached hydrogen (secondary N) is 2. The lowest BCUT2D eigenvalue weighted by Gasteiger charge is -2.11. The molecule has 0 aliphatic heterocycles. The quantitative estimate of drug-likeness (QED) is 0.874. The molecule has 2 rings (SSSR count). The van der Waals surface area contributed by atoms with Crippen LogP contribution in [0.2, 0.25) is 0 Å². The predicted octanol–water partition coefficient (Wildman–Crippen LogP) is 3.07. The van der Waals surface area contributed by atoms with Gasteiger partial charge in [-0.2, -0.15) is 0 Å². The van der Waals surface area contributed by atoms with E-state index >= 15 is 0 Å². The number of halogens is 1. The third-order valence-corrected chi connectivity index (χ3v) is 3.44. The molecule has 0 saturated heterocycles. The van der Waals surface area contributed by atoms with E-state index in [1.807, 2.05) is 20.8 Å². The molecule has 4 heteroatoms. The molecule has 1 heterocycles. The van der Waals surface area contributed by atoms with Crippen LogP contribution in [0.1, 0.15) is 31.5 Å². The molecule has 102 valence electrons. The summed E-state index contributed by atoms with van der Waals surface area (Å²) in [4.78, 5) is 15.1. The van der Waals surface area contributed by atoms with Crippen molar-refractivity contribution in [2.24, 2.45) is 0 Å². The summed E-state index contributed by atoms with van der Waals surface area (Å²) in [5.41, 5.74) is 2.65. The van der Waals surface area contributed by atoms with Gasteiger partial charge in [0.1, 0.15) is 5.82 Å². The van der Waals surface area contributed by atoms with Crippen molar-refractivity contribution in [1.82, 2.24) is 10.3 Å². The van der Waals surface area contributed by atoms with Gasteiger partial charge in [0, 0.05) is 22.6 Å². The molecule has 1 aromatic heterocycles. The predicted molar refractivity (Wildman–Crippen MR) is 74.6 cm³/mol. The molecule has 0 aliphatic carbocycles. The first-order valence-corrected chi connectivity index (χ1v) is 6.57. The molecule has 1 atom stereocenters. The van der Waals surface area contributed by atoms with E-state index < -0.39 is 0 Å². The van der Waals surface area contributed by atoms with E-state index in [0.717, 1.165) is 28.6 Å². The number of H-pyrrole nitrogens is 1. The van der Waals surface area contributed by atoms with Crippen LogP contribution in [0.3, 0.4) is 0 Å². The first-order valence-electron chi connectivity index (χ1n) is 6.57. The van der Waals surface area contributed by atoms with E-state index in [9.17, 15) is 9.18 Å². The van der Waals surface area contributed by atoms with Gasteiger partial charge in [-0.25, -0.2) is 4.39 Å². The minimum atomic E-state index is -0.282. The first-order chi connectivity index (χ1) is 9.01. The molecular weight excluding hydrogens is 243 g/mol. The maximum atomic E-state index is 13.3. The highest BCUT2D eigenvalue weighted by molar-refractivity contribution is 5.90. The monoisotopic (exact) mass is 262 g/mol. The SMILES string of the molecule is CC[C@H](C)NC(=O)Cc1c(C)[nH]c2ccc(F)cc12. The normalized spacial score (nSPS) is 12.6. The van der Waals surface area contributed by atoms with Crippen molar-refractivity contribution in [2.45, 2.75) is 39.7 Å². The fourth-order valence-electron chi connectivity index (χ4n) is 2.17. The minimum absolute atomic E-state index is 0.0254. The van der Waals surface area contributed by atoms with E-state index in [2.05, 4.69) is 10.3 Å². The molecule has 0 unspecified atom stereocenters. The van der Waals surface area contributed by atoms with Crippen LogP contribution in [-0.2, 0) is 11.2 Å². The molecule has 0 bridgehead atoms. The molecule has 3 nitrogen and oxygen atoms in total. The summed E-state index contributed by atoms with van der Waals surface area (Å²) in [5.74, 6) is -0.308. The van der Waals surface area contributed by atoms with Gasteiger partial charge in [0.25, 0.3) is 0 Å². The van der Waals surface area contributed by atoms with Crippen LogP contribution >= 0.6 is 0 Å². The standard InChI is InChI=1S/C15H19FN2O/c1-4-9(2)17-15(19)8-12-10(3)18-14-6-5-11(16)7-13(12)14/h5-7,9,18H,4,8H2,1-3H3,(H,17,19)/t9-/m0/s1. The molecule has 1 amide bonds. The zero-order chi connectivity index (χ0) is 14.0. The zero-order valence-corrected chi connectivity index (χ0v) is 11.5. The third-order valence-electron chi connectivity index (χ3n) is 3.44. The number of aromatic nitrogens is 1. The fraction of sp³-hybridized carbons (Fsp3) is 0.400. The van der Waals surface area contributed by atoms with Crippen molar-refractivity contribution in [3.63, 3.8) is 0 Å². The number of carbonyl (C=O) groups excluding carboxylic acids is 1. The smallest absolute Gasteiger partial charge is 0.224 e. The van der Waals surface area contributed by atoms with Gasteiger partial charge in [0.2, 0.25) is 5.91 Å². The fourth-order valence-corrected chi connectivity index (χ4v) is 2.17. The van der Waals surface area contributed by atoms with Crippen LogP contribution in [0.15, 0.2) is 18.2 Å². The van der Waals surface area contributed by atoms with Crippen LogP contribution in [0.25, 0.3) is 10.9 Å². The summed E-state index contributed by atoms with van der Waals surface area (Å²) in [6.07, 6.45) is 1.17. The Morgan fingerprint density at radius 1 is 1.47 bits per heavy atom. The average molecular weight is 262 g/mol. The van der Waals surface area contributed by atoms with Crippen LogP contribution in [0.4, 0.5) is 4.39 Å². The highest BCUT2D eigenvalue weighted by Crippen LogP contribution is 2.23. The number of aromatic amines is 1. The molecule has 2 N–H and O–H groups in total. The van der Waals surface area contributed by atoms with Crippen molar-refractivity contribution in [1.29, 1.82) is 0 Å². The first kappa shape index (κ1) is 13.6. The lowest BCUT2D eigenvalue weighted by atomic mass is 10.1. The molecule has 0 spiro atoms. The summed E-state index contributed by atoms with van der Waals surface area (Å²) in [5, 5.41) is 3.72. The van der Waals surface area contributed by atoms with Crippen molar-refractivity contribution >= 4 is 16.8 Å². The Bertz CT molecular complexity index is 603. The number of hydrogen-bond acceptors (Lipinski definition) is 1. The molecule has 0 radical (unpaired) electrons. The Labute approximate surface area is 112 Å². The molecule has 0 aliphatic rings. The van der Waals surface area contributed by atoms with Gasteiger partial charge < -0.3 is 10.3 Å². The van der Waals surface area contributed by atoms with Gasteiger partial charge in [0.05, 0.1) is 6.42 Å². The Kier molecular flexibility index (Phi) is 3.88. The van der Waals surface area contributed by atoms with Crippen LogP contribution in [0.5, 0.6) is 0 Å². The second kappa shape index (κ2) is 5.43. The maximum absolute atomic E-state index is 13.3. The van der Waals surface area contributed by atoms with Crippen molar-refractivity contribution in [3.8, 4) is 0 Å². The number of carbonyl (C=O) groups is 1. The molecule has 0 fully saturated rings. The number of benzene rings is 1. The van der Waals surface area contributed by atoms with E-state index in [4.69, 9.17) is 0 Å². The van der Waals surface area contributed by atoms with Gasteiger partial charge in [-0.1, -0.05) is 6.92 Å². The number of aryl methyl sites for hydroxylation is 1. The number of hydrogen-bond donors (Lipinski definition) is 2. The Morgan fingerprint density at radius 2 is 2.21 bits per heavy atom. The van der Waals surface area contributed by atoms with Gasteiger partial charge in [-0.05, 0) is 44.0 Å². The molecule has 19 heavy (non-hydrogen) atoms. The van der Waals surface area contributed by atoms with E-state index in [-0.39, 0.29) is 24.2 Å². The van der Waals surface area contributed by atoms with E-state index in [1.165, 1.54) is 12.1 Å². The summed E-state index contributed by atoms with van der Waals surface area (Å²) >= 11 is 0. The number of rotatable bonds is 4. The van der Waals surface area contributed by atoms with Crippen molar-refractivity contribution in [2.75, 3.05) is 0 Å². The van der Waals surface area contributed by atoms with Gasteiger partial charge in [-0.15, -0.1) is 0 Å². The Morgan fingerprint density at radius 3 is 2.89 bits per heavy atom. The number of fused-ring (bicyclic) bond motifs is 1. The van der Waals surface area contributed by atoms with E-state index in [0.29, 0.717) is 0 Å². The Balaban J connectivity index is 2.27. The number of amides is 1. The summed E-state index contributed by atoms with van der Waals surface area (Å²) in [6, 6.07) is 4.76. The lowest BCUT2D eigenvalue weighted by Crippen LogP contribution is -2.33.